The maximum Gasteiger partial charge on any atom is 0.137 e. The van der Waals surface area contributed by atoms with E-state index in [2.05, 4.69) is 28.1 Å². The van der Waals surface area contributed by atoms with Crippen LogP contribution in [-0.4, -0.2) is 6.54 Å². The van der Waals surface area contributed by atoms with Gasteiger partial charge in [0.1, 0.15) is 5.82 Å². The van der Waals surface area contributed by atoms with Crippen LogP contribution in [-0.2, 0) is 6.42 Å². The molecule has 0 aliphatic carbocycles. The molecule has 94 valence electrons. The van der Waals surface area contributed by atoms with Crippen molar-refractivity contribution in [1.29, 1.82) is 0 Å². The number of hydrogen-bond acceptors (Lipinski definition) is 1. The molecule has 1 nitrogen and oxygen atoms in total. The summed E-state index contributed by atoms with van der Waals surface area (Å²) in [7, 11) is 0. The highest BCUT2D eigenvalue weighted by atomic mass is 79.9. The molecule has 0 aliphatic heterocycles. The third-order valence-corrected chi connectivity index (χ3v) is 3.94. The maximum atomic E-state index is 13.5. The van der Waals surface area contributed by atoms with E-state index >= 15 is 0 Å². The van der Waals surface area contributed by atoms with Gasteiger partial charge in [0.2, 0.25) is 0 Å². The van der Waals surface area contributed by atoms with E-state index in [9.17, 15) is 4.39 Å². The molecule has 0 aromatic heterocycles. The van der Waals surface area contributed by atoms with Gasteiger partial charge in [-0.25, -0.2) is 4.39 Å². The topological polar surface area (TPSA) is 26.0 Å². The Labute approximate surface area is 115 Å². The molecule has 3 heteroatoms. The molecular weight excluding hydrogens is 293 g/mol. The van der Waals surface area contributed by atoms with Crippen LogP contribution in [0.4, 0.5) is 4.39 Å². The van der Waals surface area contributed by atoms with Crippen molar-refractivity contribution in [1.82, 2.24) is 0 Å². The van der Waals surface area contributed by atoms with E-state index in [1.165, 1.54) is 11.6 Å². The second-order valence-electron chi connectivity index (χ2n) is 4.26. The molecule has 2 N–H and O–H groups in total. The minimum Gasteiger partial charge on any atom is -0.330 e. The average molecular weight is 308 g/mol. The number of rotatable bonds is 4. The van der Waals surface area contributed by atoms with Crippen molar-refractivity contribution in [3.63, 3.8) is 0 Å². The Morgan fingerprint density at radius 2 is 1.78 bits per heavy atom. The first kappa shape index (κ1) is 13.2. The third-order valence-electron chi connectivity index (χ3n) is 3.05. The molecule has 18 heavy (non-hydrogen) atoms. The fourth-order valence-electron chi connectivity index (χ4n) is 2.03. The SMILES string of the molecule is NCC(Cc1cccc(F)c1Br)c1ccccc1. The lowest BCUT2D eigenvalue weighted by molar-refractivity contribution is 0.613. The molecule has 0 heterocycles. The van der Waals surface area contributed by atoms with Gasteiger partial charge in [-0.15, -0.1) is 0 Å². The zero-order valence-corrected chi connectivity index (χ0v) is 11.5. The Bertz CT molecular complexity index is 513. The van der Waals surface area contributed by atoms with Crippen LogP contribution in [0.15, 0.2) is 53.0 Å². The molecule has 0 aliphatic rings. The molecule has 0 bridgehead atoms. The van der Waals surface area contributed by atoms with Gasteiger partial charge < -0.3 is 5.73 Å². The van der Waals surface area contributed by atoms with Crippen LogP contribution in [0.1, 0.15) is 17.0 Å². The molecule has 2 aromatic rings. The van der Waals surface area contributed by atoms with Crippen LogP contribution in [0.25, 0.3) is 0 Å². The predicted octanol–water partition coefficient (Wildman–Crippen LogP) is 3.87. The Kier molecular flexibility index (Phi) is 4.50. The van der Waals surface area contributed by atoms with E-state index in [-0.39, 0.29) is 11.7 Å². The van der Waals surface area contributed by atoms with Crippen molar-refractivity contribution in [2.75, 3.05) is 6.54 Å². The first-order valence-electron chi connectivity index (χ1n) is 5.90. The van der Waals surface area contributed by atoms with Crippen molar-refractivity contribution in [2.45, 2.75) is 12.3 Å². The second-order valence-corrected chi connectivity index (χ2v) is 5.05. The molecule has 0 saturated carbocycles. The normalized spacial score (nSPS) is 12.4. The van der Waals surface area contributed by atoms with Gasteiger partial charge in [0.25, 0.3) is 0 Å². The smallest absolute Gasteiger partial charge is 0.137 e. The zero-order chi connectivity index (χ0) is 13.0. The fourth-order valence-corrected chi connectivity index (χ4v) is 2.46. The highest BCUT2D eigenvalue weighted by molar-refractivity contribution is 9.10. The van der Waals surface area contributed by atoms with Crippen molar-refractivity contribution in [2.24, 2.45) is 5.73 Å². The van der Waals surface area contributed by atoms with Gasteiger partial charge in [0, 0.05) is 5.92 Å². The Balaban J connectivity index is 2.24. The summed E-state index contributed by atoms with van der Waals surface area (Å²) in [5.41, 5.74) is 7.98. The van der Waals surface area contributed by atoms with Gasteiger partial charge in [0.15, 0.2) is 0 Å². The van der Waals surface area contributed by atoms with E-state index in [1.54, 1.807) is 6.07 Å². The Hall–Kier alpha value is -1.19. The minimum atomic E-state index is -0.226. The van der Waals surface area contributed by atoms with Crippen LogP contribution in [0.2, 0.25) is 0 Å². The van der Waals surface area contributed by atoms with Gasteiger partial charge in [-0.2, -0.15) is 0 Å². The van der Waals surface area contributed by atoms with E-state index in [4.69, 9.17) is 5.73 Å². The zero-order valence-electron chi connectivity index (χ0n) is 9.94. The molecule has 2 rings (SSSR count). The Morgan fingerprint density at radius 3 is 2.44 bits per heavy atom. The molecule has 2 aromatic carbocycles. The molecule has 0 spiro atoms. The Morgan fingerprint density at radius 1 is 1.06 bits per heavy atom. The van der Waals surface area contributed by atoms with E-state index in [0.717, 1.165) is 12.0 Å². The molecule has 0 amide bonds. The fraction of sp³-hybridized carbons (Fsp3) is 0.200. The van der Waals surface area contributed by atoms with Crippen LogP contribution in [0.3, 0.4) is 0 Å². The molecule has 0 fully saturated rings. The van der Waals surface area contributed by atoms with Crippen molar-refractivity contribution in [3.8, 4) is 0 Å². The lowest BCUT2D eigenvalue weighted by atomic mass is 9.92. The van der Waals surface area contributed by atoms with E-state index in [1.807, 2.05) is 24.3 Å². The van der Waals surface area contributed by atoms with Crippen LogP contribution >= 0.6 is 15.9 Å². The minimum absolute atomic E-state index is 0.212. The molecular formula is C15H15BrFN. The van der Waals surface area contributed by atoms with Gasteiger partial charge in [-0.1, -0.05) is 42.5 Å². The number of nitrogens with two attached hydrogens (primary N) is 1. The van der Waals surface area contributed by atoms with Crippen LogP contribution < -0.4 is 5.73 Å². The largest absolute Gasteiger partial charge is 0.330 e. The summed E-state index contributed by atoms with van der Waals surface area (Å²) in [4.78, 5) is 0. The van der Waals surface area contributed by atoms with Gasteiger partial charge in [0.05, 0.1) is 4.47 Å². The van der Waals surface area contributed by atoms with Crippen LogP contribution in [0.5, 0.6) is 0 Å². The summed E-state index contributed by atoms with van der Waals surface area (Å²) in [6.45, 7) is 0.549. The molecule has 0 saturated heterocycles. The van der Waals surface area contributed by atoms with Crippen molar-refractivity contribution >= 4 is 15.9 Å². The highest BCUT2D eigenvalue weighted by Gasteiger charge is 2.13. The molecule has 1 unspecified atom stereocenters. The monoisotopic (exact) mass is 307 g/mol. The highest BCUT2D eigenvalue weighted by Crippen LogP contribution is 2.26. The molecule has 1 atom stereocenters. The summed E-state index contributed by atoms with van der Waals surface area (Å²) in [6, 6.07) is 15.2. The lowest BCUT2D eigenvalue weighted by Gasteiger charge is -2.16. The average Bonchev–Trinajstić information content (AvgIpc) is 2.41. The van der Waals surface area contributed by atoms with Gasteiger partial charge >= 0.3 is 0 Å². The first-order valence-corrected chi connectivity index (χ1v) is 6.69. The summed E-state index contributed by atoms with van der Waals surface area (Å²) in [6.07, 6.45) is 0.735. The number of halogens is 2. The summed E-state index contributed by atoms with van der Waals surface area (Å²) >= 11 is 3.29. The second kappa shape index (κ2) is 6.12. The third kappa shape index (κ3) is 2.98. The van der Waals surface area contributed by atoms with Gasteiger partial charge in [-0.05, 0) is 46.1 Å². The van der Waals surface area contributed by atoms with Crippen LogP contribution in [0, 0.1) is 5.82 Å². The predicted molar refractivity (Wildman–Crippen MR) is 76.0 cm³/mol. The first-order chi connectivity index (χ1) is 8.72. The summed E-state index contributed by atoms with van der Waals surface area (Å²) < 4.78 is 14.0. The quantitative estimate of drug-likeness (QED) is 0.911. The number of benzene rings is 2. The summed E-state index contributed by atoms with van der Waals surface area (Å²) in [5, 5.41) is 0. The van der Waals surface area contributed by atoms with Crippen molar-refractivity contribution in [3.05, 3.63) is 69.9 Å². The maximum absolute atomic E-state index is 13.5. The summed E-state index contributed by atoms with van der Waals surface area (Å²) in [5.74, 6) is -0.0133. The van der Waals surface area contributed by atoms with Crippen molar-refractivity contribution < 1.29 is 4.39 Å². The standard InChI is InChI=1S/C15H15BrFN/c16-15-12(7-4-8-14(15)17)9-13(10-18)11-5-2-1-3-6-11/h1-8,13H,9-10,18H2. The van der Waals surface area contributed by atoms with E-state index in [0.29, 0.717) is 11.0 Å². The molecule has 0 radical (unpaired) electrons. The van der Waals surface area contributed by atoms with E-state index < -0.39 is 0 Å². The van der Waals surface area contributed by atoms with Gasteiger partial charge in [-0.3, -0.25) is 0 Å². The lowest BCUT2D eigenvalue weighted by Crippen LogP contribution is -2.15. The number of hydrogen-bond donors (Lipinski definition) is 1.